The molecule has 2 aromatic carbocycles. The molecule has 1 aliphatic rings. The smallest absolute Gasteiger partial charge is 0.235 e. The van der Waals surface area contributed by atoms with E-state index in [1.807, 2.05) is 49.4 Å². The molecule has 0 fully saturated rings. The van der Waals surface area contributed by atoms with Crippen LogP contribution >= 0.6 is 23.4 Å². The number of thioether (sulfide) groups is 1. The first-order valence-corrected chi connectivity index (χ1v) is 9.38. The van der Waals surface area contributed by atoms with Gasteiger partial charge >= 0.3 is 0 Å². The van der Waals surface area contributed by atoms with E-state index in [1.165, 1.54) is 5.56 Å². The van der Waals surface area contributed by atoms with E-state index in [1.54, 1.807) is 16.4 Å². The van der Waals surface area contributed by atoms with Crippen molar-refractivity contribution in [3.05, 3.63) is 76.4 Å². The maximum atomic E-state index is 12.3. The number of anilines is 1. The van der Waals surface area contributed by atoms with E-state index in [4.69, 9.17) is 11.6 Å². The fourth-order valence-corrected chi connectivity index (χ4v) is 4.36. The van der Waals surface area contributed by atoms with E-state index in [-0.39, 0.29) is 11.2 Å². The van der Waals surface area contributed by atoms with Gasteiger partial charge in [-0.2, -0.15) is 5.10 Å². The lowest BCUT2D eigenvalue weighted by Gasteiger charge is -2.15. The highest BCUT2D eigenvalue weighted by molar-refractivity contribution is 8.00. The fourth-order valence-electron chi connectivity index (χ4n) is 3.04. The van der Waals surface area contributed by atoms with Crippen LogP contribution in [0.25, 0.3) is 5.69 Å². The second-order valence-corrected chi connectivity index (χ2v) is 7.42. The van der Waals surface area contributed by atoms with Gasteiger partial charge in [0.15, 0.2) is 0 Å². The fraction of sp³-hybridized carbons (Fsp3) is 0.158. The normalized spacial score (nSPS) is 16.9. The molecular weight excluding hydrogens is 354 g/mol. The Bertz CT molecular complexity index is 922. The van der Waals surface area contributed by atoms with Crippen molar-refractivity contribution in [2.24, 2.45) is 0 Å². The van der Waals surface area contributed by atoms with Gasteiger partial charge in [-0.25, -0.2) is 4.68 Å². The number of aromatic nitrogens is 2. The predicted octanol–water partition coefficient (Wildman–Crippen LogP) is 4.61. The number of aryl methyl sites for hydroxylation is 1. The second-order valence-electron chi connectivity index (χ2n) is 5.89. The Morgan fingerprint density at radius 2 is 1.88 bits per heavy atom. The van der Waals surface area contributed by atoms with Crippen LogP contribution in [-0.2, 0) is 4.79 Å². The highest BCUT2D eigenvalue weighted by atomic mass is 35.5. The molecule has 1 aromatic heterocycles. The first-order valence-electron chi connectivity index (χ1n) is 7.95. The molecule has 0 saturated carbocycles. The van der Waals surface area contributed by atoms with Crippen LogP contribution in [0.5, 0.6) is 0 Å². The highest BCUT2D eigenvalue weighted by Gasteiger charge is 2.30. The van der Waals surface area contributed by atoms with E-state index in [9.17, 15) is 4.79 Å². The predicted molar refractivity (Wildman–Crippen MR) is 103 cm³/mol. The number of fused-ring (bicyclic) bond motifs is 1. The van der Waals surface area contributed by atoms with Gasteiger partial charge in [-0.15, -0.1) is 11.8 Å². The molecule has 0 unspecified atom stereocenters. The SMILES string of the molecule is Cc1nn(-c2ccc(Cl)cc2)c2c1[C@@H](c1ccccc1)SCC(=O)N2. The topological polar surface area (TPSA) is 46.9 Å². The van der Waals surface area contributed by atoms with Crippen LogP contribution in [0.3, 0.4) is 0 Å². The number of carbonyl (C=O) groups is 1. The molecule has 3 aromatic rings. The Labute approximate surface area is 155 Å². The number of hydrogen-bond acceptors (Lipinski definition) is 3. The van der Waals surface area contributed by atoms with Crippen molar-refractivity contribution in [3.63, 3.8) is 0 Å². The van der Waals surface area contributed by atoms with Gasteiger partial charge in [0.2, 0.25) is 5.91 Å². The van der Waals surface area contributed by atoms with Crippen LogP contribution < -0.4 is 5.32 Å². The second kappa shape index (κ2) is 6.58. The van der Waals surface area contributed by atoms with E-state index in [0.717, 1.165) is 22.8 Å². The van der Waals surface area contributed by atoms with Crippen LogP contribution in [0.4, 0.5) is 5.82 Å². The van der Waals surface area contributed by atoms with Crippen molar-refractivity contribution >= 4 is 35.1 Å². The molecule has 0 radical (unpaired) electrons. The van der Waals surface area contributed by atoms with Gasteiger partial charge in [0, 0.05) is 10.6 Å². The molecule has 1 atom stereocenters. The van der Waals surface area contributed by atoms with Gasteiger partial charge in [0.05, 0.1) is 22.4 Å². The lowest BCUT2D eigenvalue weighted by Crippen LogP contribution is -2.15. The summed E-state index contributed by atoms with van der Waals surface area (Å²) in [6.07, 6.45) is 0. The summed E-state index contributed by atoms with van der Waals surface area (Å²) in [4.78, 5) is 12.3. The lowest BCUT2D eigenvalue weighted by atomic mass is 10.0. The van der Waals surface area contributed by atoms with Crippen molar-refractivity contribution < 1.29 is 4.79 Å². The summed E-state index contributed by atoms with van der Waals surface area (Å²) in [5, 5.41) is 8.45. The van der Waals surface area contributed by atoms with Crippen LogP contribution in [0.1, 0.15) is 22.1 Å². The van der Waals surface area contributed by atoms with Gasteiger partial charge in [0.1, 0.15) is 5.82 Å². The Balaban J connectivity index is 1.89. The quantitative estimate of drug-likeness (QED) is 0.717. The Morgan fingerprint density at radius 1 is 1.16 bits per heavy atom. The van der Waals surface area contributed by atoms with Gasteiger partial charge in [-0.1, -0.05) is 41.9 Å². The van der Waals surface area contributed by atoms with Crippen molar-refractivity contribution in [2.45, 2.75) is 12.2 Å². The molecule has 6 heteroatoms. The van der Waals surface area contributed by atoms with Crippen LogP contribution in [0.15, 0.2) is 54.6 Å². The first kappa shape index (κ1) is 16.2. The molecule has 0 bridgehead atoms. The monoisotopic (exact) mass is 369 g/mol. The van der Waals surface area contributed by atoms with Crippen molar-refractivity contribution in [1.29, 1.82) is 0 Å². The van der Waals surface area contributed by atoms with Crippen LogP contribution in [0, 0.1) is 6.92 Å². The molecule has 25 heavy (non-hydrogen) atoms. The zero-order chi connectivity index (χ0) is 17.4. The number of halogens is 1. The standard InChI is InChI=1S/C19H16ClN3OS/c1-12-17-18(13-5-3-2-4-6-13)25-11-16(24)21-19(17)23(22-12)15-9-7-14(20)8-10-15/h2-10,18H,11H2,1H3,(H,21,24)/t18-/m1/s1. The van der Waals surface area contributed by atoms with Gasteiger partial charge in [-0.3, -0.25) is 4.79 Å². The number of carbonyl (C=O) groups excluding carboxylic acids is 1. The number of nitrogens with zero attached hydrogens (tertiary/aromatic N) is 2. The van der Waals surface area contributed by atoms with Crippen LogP contribution in [-0.4, -0.2) is 21.4 Å². The zero-order valence-electron chi connectivity index (χ0n) is 13.6. The molecular formula is C19H16ClN3OS. The lowest BCUT2D eigenvalue weighted by molar-refractivity contribution is -0.113. The zero-order valence-corrected chi connectivity index (χ0v) is 15.1. The van der Waals surface area contributed by atoms with Crippen molar-refractivity contribution in [1.82, 2.24) is 9.78 Å². The molecule has 4 rings (SSSR count). The van der Waals surface area contributed by atoms with Crippen molar-refractivity contribution in [2.75, 3.05) is 11.1 Å². The van der Waals surface area contributed by atoms with Crippen LogP contribution in [0.2, 0.25) is 5.02 Å². The number of benzene rings is 2. The average molecular weight is 370 g/mol. The maximum Gasteiger partial charge on any atom is 0.235 e. The van der Waals surface area contributed by atoms with E-state index in [0.29, 0.717) is 10.8 Å². The van der Waals surface area contributed by atoms with E-state index >= 15 is 0 Å². The third kappa shape index (κ3) is 3.05. The summed E-state index contributed by atoms with van der Waals surface area (Å²) in [5.41, 5.74) is 4.00. The summed E-state index contributed by atoms with van der Waals surface area (Å²) < 4.78 is 1.79. The summed E-state index contributed by atoms with van der Waals surface area (Å²) in [6.45, 7) is 1.99. The molecule has 1 amide bonds. The minimum absolute atomic E-state index is 0.0141. The maximum absolute atomic E-state index is 12.3. The number of amides is 1. The summed E-state index contributed by atoms with van der Waals surface area (Å²) in [6, 6.07) is 17.7. The largest absolute Gasteiger partial charge is 0.310 e. The molecule has 0 saturated heterocycles. The molecule has 126 valence electrons. The summed E-state index contributed by atoms with van der Waals surface area (Å²) in [5.74, 6) is 1.14. The van der Waals surface area contributed by atoms with Crippen molar-refractivity contribution in [3.8, 4) is 5.69 Å². The Kier molecular flexibility index (Phi) is 4.27. The molecule has 1 aliphatic heterocycles. The van der Waals surface area contributed by atoms with E-state index < -0.39 is 0 Å². The summed E-state index contributed by atoms with van der Waals surface area (Å²) >= 11 is 7.62. The minimum atomic E-state index is -0.0141. The molecule has 2 heterocycles. The first-order chi connectivity index (χ1) is 12.1. The number of nitrogens with one attached hydrogen (secondary N) is 1. The third-order valence-electron chi connectivity index (χ3n) is 4.18. The van der Waals surface area contributed by atoms with Gasteiger partial charge in [0.25, 0.3) is 0 Å². The number of hydrogen-bond donors (Lipinski definition) is 1. The minimum Gasteiger partial charge on any atom is -0.310 e. The van der Waals surface area contributed by atoms with Gasteiger partial charge in [-0.05, 0) is 36.8 Å². The molecule has 0 spiro atoms. The van der Waals surface area contributed by atoms with E-state index in [2.05, 4.69) is 22.5 Å². The average Bonchev–Trinajstić information content (AvgIpc) is 2.83. The molecule has 1 N–H and O–H groups in total. The molecule has 4 nitrogen and oxygen atoms in total. The highest BCUT2D eigenvalue weighted by Crippen LogP contribution is 2.43. The Hall–Kier alpha value is -2.24. The third-order valence-corrected chi connectivity index (χ3v) is 5.70. The summed E-state index contributed by atoms with van der Waals surface area (Å²) in [7, 11) is 0. The van der Waals surface area contributed by atoms with Gasteiger partial charge < -0.3 is 5.32 Å². The Morgan fingerprint density at radius 3 is 2.60 bits per heavy atom. The number of rotatable bonds is 2. The molecule has 0 aliphatic carbocycles.